The van der Waals surface area contributed by atoms with Crippen LogP contribution in [0, 0.1) is 0 Å². The zero-order valence-electron chi connectivity index (χ0n) is 22.9. The summed E-state index contributed by atoms with van der Waals surface area (Å²) in [6.07, 6.45) is 1.67. The van der Waals surface area contributed by atoms with E-state index in [-0.39, 0.29) is 6.79 Å². The van der Waals surface area contributed by atoms with Gasteiger partial charge in [0.05, 0.1) is 33.6 Å². The van der Waals surface area contributed by atoms with E-state index < -0.39 is 5.60 Å². The van der Waals surface area contributed by atoms with Gasteiger partial charge >= 0.3 is 0 Å². The second-order valence-corrected chi connectivity index (χ2v) is 9.85. The average molecular weight is 554 g/mol. The molecule has 1 N–H and O–H groups in total. The van der Waals surface area contributed by atoms with Crippen molar-refractivity contribution in [3.05, 3.63) is 131 Å². The molecule has 0 unspecified atom stereocenters. The SMILES string of the molecule is COc1ccc(C(O)(c2ccc(OC)cc2)c2ccc(CN(Cc3ccc4c(c3)OCO4)Cc3ccco3)o2)cc1. The lowest BCUT2D eigenvalue weighted by Crippen LogP contribution is -2.28. The summed E-state index contributed by atoms with van der Waals surface area (Å²) in [5, 5.41) is 12.3. The molecule has 1 aliphatic rings. The highest BCUT2D eigenvalue weighted by Crippen LogP contribution is 2.39. The minimum absolute atomic E-state index is 0.232. The predicted octanol–water partition coefficient (Wildman–Crippen LogP) is 6.11. The third-order valence-corrected chi connectivity index (χ3v) is 7.22. The molecule has 0 spiro atoms. The molecule has 0 radical (unpaired) electrons. The predicted molar refractivity (Wildman–Crippen MR) is 151 cm³/mol. The molecule has 2 aromatic heterocycles. The number of nitrogens with zero attached hydrogens (tertiary/aromatic N) is 1. The second kappa shape index (κ2) is 11.4. The highest BCUT2D eigenvalue weighted by Gasteiger charge is 2.37. The van der Waals surface area contributed by atoms with Gasteiger partial charge in [0, 0.05) is 6.54 Å². The molecule has 0 fully saturated rings. The largest absolute Gasteiger partial charge is 0.497 e. The molecule has 41 heavy (non-hydrogen) atoms. The number of hydrogen-bond donors (Lipinski definition) is 1. The Bertz CT molecular complexity index is 1530. The molecule has 3 heterocycles. The summed E-state index contributed by atoms with van der Waals surface area (Å²) >= 11 is 0. The van der Waals surface area contributed by atoms with Gasteiger partial charge in [-0.25, -0.2) is 0 Å². The van der Waals surface area contributed by atoms with Crippen LogP contribution in [0.5, 0.6) is 23.0 Å². The number of fused-ring (bicyclic) bond motifs is 1. The molecule has 3 aromatic carbocycles. The number of aliphatic hydroxyl groups is 1. The summed E-state index contributed by atoms with van der Waals surface area (Å²) in [5.74, 6) is 4.83. The highest BCUT2D eigenvalue weighted by atomic mass is 16.7. The molecule has 5 aromatic rings. The smallest absolute Gasteiger partial charge is 0.231 e. The number of rotatable bonds is 11. The number of methoxy groups -OCH3 is 2. The molecule has 8 nitrogen and oxygen atoms in total. The molecule has 6 rings (SSSR count). The number of furan rings is 2. The first-order chi connectivity index (χ1) is 20.0. The normalized spacial score (nSPS) is 12.6. The summed E-state index contributed by atoms with van der Waals surface area (Å²) in [7, 11) is 3.23. The molecular weight excluding hydrogens is 522 g/mol. The van der Waals surface area contributed by atoms with Crippen molar-refractivity contribution in [2.45, 2.75) is 25.2 Å². The molecule has 8 heteroatoms. The van der Waals surface area contributed by atoms with Crippen LogP contribution in [0.4, 0.5) is 0 Å². The number of hydrogen-bond acceptors (Lipinski definition) is 8. The maximum atomic E-state index is 12.3. The molecular formula is C33H31NO7. The van der Waals surface area contributed by atoms with E-state index in [2.05, 4.69) is 4.90 Å². The van der Waals surface area contributed by atoms with Gasteiger partial charge in [0.2, 0.25) is 6.79 Å². The van der Waals surface area contributed by atoms with Crippen LogP contribution in [0.1, 0.15) is 34.0 Å². The standard InChI is InChI=1S/C33H31NO7/c1-36-26-10-6-24(7-11-26)33(35,25-8-12-27(37-2)13-9-25)32-16-14-29(41-32)21-34(20-28-4-3-17-38-28)19-23-5-15-30-31(18-23)40-22-39-30/h3-18,35H,19-22H2,1-2H3. The fraction of sp³-hybridized carbons (Fsp3) is 0.212. The summed E-state index contributed by atoms with van der Waals surface area (Å²) in [4.78, 5) is 2.21. The molecule has 0 atom stereocenters. The monoisotopic (exact) mass is 553 g/mol. The van der Waals surface area contributed by atoms with E-state index in [4.69, 9.17) is 27.8 Å². The Morgan fingerprint density at radius 2 is 1.39 bits per heavy atom. The highest BCUT2D eigenvalue weighted by molar-refractivity contribution is 5.47. The van der Waals surface area contributed by atoms with Crippen LogP contribution in [0.25, 0.3) is 0 Å². The van der Waals surface area contributed by atoms with Crippen LogP contribution < -0.4 is 18.9 Å². The Morgan fingerprint density at radius 3 is 2.02 bits per heavy atom. The first kappa shape index (κ1) is 26.6. The van der Waals surface area contributed by atoms with E-state index in [0.29, 0.717) is 53.8 Å². The number of ether oxygens (including phenoxy) is 4. The fourth-order valence-electron chi connectivity index (χ4n) is 5.08. The summed E-state index contributed by atoms with van der Waals surface area (Å²) in [6.45, 7) is 1.90. The third kappa shape index (κ3) is 5.52. The van der Waals surface area contributed by atoms with Crippen molar-refractivity contribution in [2.24, 2.45) is 0 Å². The Hall–Kier alpha value is -4.66. The van der Waals surface area contributed by atoms with E-state index in [1.165, 1.54) is 0 Å². The minimum Gasteiger partial charge on any atom is -0.497 e. The molecule has 1 aliphatic heterocycles. The van der Waals surface area contributed by atoms with Crippen molar-refractivity contribution in [1.29, 1.82) is 0 Å². The zero-order chi connectivity index (χ0) is 28.2. The lowest BCUT2D eigenvalue weighted by Gasteiger charge is -2.28. The van der Waals surface area contributed by atoms with Crippen LogP contribution in [-0.2, 0) is 25.2 Å². The lowest BCUT2D eigenvalue weighted by atomic mass is 9.84. The van der Waals surface area contributed by atoms with Gasteiger partial charge in [0.15, 0.2) is 17.1 Å². The van der Waals surface area contributed by atoms with E-state index in [1.54, 1.807) is 20.5 Å². The molecule has 0 saturated heterocycles. The molecule has 0 amide bonds. The van der Waals surface area contributed by atoms with Crippen LogP contribution in [-0.4, -0.2) is 31.0 Å². The van der Waals surface area contributed by atoms with Gasteiger partial charge in [-0.1, -0.05) is 30.3 Å². The van der Waals surface area contributed by atoms with Gasteiger partial charge in [-0.05, 0) is 77.4 Å². The minimum atomic E-state index is -1.54. The van der Waals surface area contributed by atoms with Crippen molar-refractivity contribution in [3.63, 3.8) is 0 Å². The van der Waals surface area contributed by atoms with Crippen molar-refractivity contribution in [2.75, 3.05) is 21.0 Å². The maximum absolute atomic E-state index is 12.3. The maximum Gasteiger partial charge on any atom is 0.231 e. The zero-order valence-corrected chi connectivity index (χ0v) is 22.9. The number of benzene rings is 3. The Kier molecular flexibility index (Phi) is 7.41. The average Bonchev–Trinajstić information content (AvgIpc) is 3.80. The summed E-state index contributed by atoms with van der Waals surface area (Å²) in [6, 6.07) is 28.2. The summed E-state index contributed by atoms with van der Waals surface area (Å²) in [5.41, 5.74) is 0.829. The van der Waals surface area contributed by atoms with Gasteiger partial charge in [0.25, 0.3) is 0 Å². The molecule has 0 aliphatic carbocycles. The van der Waals surface area contributed by atoms with E-state index in [9.17, 15) is 5.11 Å². The van der Waals surface area contributed by atoms with Crippen LogP contribution in [0.3, 0.4) is 0 Å². The fourth-order valence-corrected chi connectivity index (χ4v) is 5.08. The van der Waals surface area contributed by atoms with Crippen molar-refractivity contribution in [1.82, 2.24) is 4.90 Å². The van der Waals surface area contributed by atoms with E-state index in [1.807, 2.05) is 91.0 Å². The molecule has 0 saturated carbocycles. The third-order valence-electron chi connectivity index (χ3n) is 7.22. The lowest BCUT2D eigenvalue weighted by molar-refractivity contribution is 0.0946. The van der Waals surface area contributed by atoms with Gasteiger partial charge in [-0.3, -0.25) is 4.90 Å². The second-order valence-electron chi connectivity index (χ2n) is 9.85. The molecule has 0 bridgehead atoms. The van der Waals surface area contributed by atoms with E-state index >= 15 is 0 Å². The van der Waals surface area contributed by atoms with Gasteiger partial charge in [0.1, 0.15) is 28.8 Å². The topological polar surface area (TPSA) is 86.7 Å². The van der Waals surface area contributed by atoms with Crippen LogP contribution in [0.15, 0.2) is 106 Å². The van der Waals surface area contributed by atoms with Gasteiger partial charge in [-0.2, -0.15) is 0 Å². The van der Waals surface area contributed by atoms with Crippen LogP contribution >= 0.6 is 0 Å². The Morgan fingerprint density at radius 1 is 0.732 bits per heavy atom. The van der Waals surface area contributed by atoms with Gasteiger partial charge < -0.3 is 32.9 Å². The van der Waals surface area contributed by atoms with E-state index in [0.717, 1.165) is 22.8 Å². The quantitative estimate of drug-likeness (QED) is 0.210. The van der Waals surface area contributed by atoms with Crippen molar-refractivity contribution < 1.29 is 32.9 Å². The summed E-state index contributed by atoms with van der Waals surface area (Å²) < 4.78 is 33.8. The van der Waals surface area contributed by atoms with Crippen LogP contribution in [0.2, 0.25) is 0 Å². The van der Waals surface area contributed by atoms with Crippen molar-refractivity contribution in [3.8, 4) is 23.0 Å². The Labute approximate surface area is 238 Å². The van der Waals surface area contributed by atoms with Crippen molar-refractivity contribution >= 4 is 0 Å². The molecule has 210 valence electrons. The Balaban J connectivity index is 1.31. The van der Waals surface area contributed by atoms with Gasteiger partial charge in [-0.15, -0.1) is 0 Å². The first-order valence-electron chi connectivity index (χ1n) is 13.3. The first-order valence-corrected chi connectivity index (χ1v) is 13.3.